The highest BCUT2D eigenvalue weighted by molar-refractivity contribution is 6.05. The first-order valence-corrected chi connectivity index (χ1v) is 5.38. The fraction of sp³-hybridized carbons (Fsp3) is 0.231. The van der Waals surface area contributed by atoms with Gasteiger partial charge in [-0.15, -0.1) is 0 Å². The van der Waals surface area contributed by atoms with Crippen LogP contribution in [0.2, 0.25) is 0 Å². The van der Waals surface area contributed by atoms with Crippen molar-refractivity contribution in [3.05, 3.63) is 41.5 Å². The van der Waals surface area contributed by atoms with Crippen molar-refractivity contribution in [1.29, 1.82) is 0 Å². The summed E-state index contributed by atoms with van der Waals surface area (Å²) in [6, 6.07) is 9.06. The number of rotatable bonds is 3. The highest BCUT2D eigenvalue weighted by Gasteiger charge is 2.30. The zero-order valence-corrected chi connectivity index (χ0v) is 9.43. The molecule has 0 N–H and O–H groups in total. The molecule has 1 aromatic rings. The second kappa shape index (κ2) is 4.82. The van der Waals surface area contributed by atoms with E-state index in [2.05, 4.69) is 0 Å². The summed E-state index contributed by atoms with van der Waals surface area (Å²) in [7, 11) is 0. The van der Waals surface area contributed by atoms with Gasteiger partial charge in [-0.05, 0) is 6.92 Å². The smallest absolute Gasteiger partial charge is 0.338 e. The molecule has 0 spiro atoms. The third kappa shape index (κ3) is 2.36. The van der Waals surface area contributed by atoms with Gasteiger partial charge in [-0.2, -0.15) is 0 Å². The molecule has 0 saturated heterocycles. The lowest BCUT2D eigenvalue weighted by molar-refractivity contribution is -0.140. The molecule has 2 rings (SSSR count). The number of esters is 2. The topological polar surface area (TPSA) is 52.6 Å². The molecular weight excluding hydrogens is 220 g/mol. The first kappa shape index (κ1) is 11.4. The van der Waals surface area contributed by atoms with Crippen molar-refractivity contribution in [2.75, 3.05) is 6.61 Å². The number of carbonyl (C=O) groups is 2. The number of carbonyl (C=O) groups excluding carboxylic acids is 2. The zero-order chi connectivity index (χ0) is 12.3. The molecule has 0 bridgehead atoms. The summed E-state index contributed by atoms with van der Waals surface area (Å²) >= 11 is 0. The van der Waals surface area contributed by atoms with Crippen LogP contribution in [0, 0.1) is 0 Å². The Bertz CT molecular complexity index is 473. The van der Waals surface area contributed by atoms with Crippen molar-refractivity contribution < 1.29 is 19.1 Å². The summed E-state index contributed by atoms with van der Waals surface area (Å²) in [5.41, 5.74) is 1.00. The van der Waals surface area contributed by atoms with Crippen molar-refractivity contribution in [1.82, 2.24) is 0 Å². The van der Waals surface area contributed by atoms with Crippen LogP contribution in [0.1, 0.15) is 18.9 Å². The molecule has 4 nitrogen and oxygen atoms in total. The highest BCUT2D eigenvalue weighted by Crippen LogP contribution is 2.29. The largest absolute Gasteiger partial charge is 0.463 e. The normalized spacial score (nSPS) is 14.8. The van der Waals surface area contributed by atoms with Gasteiger partial charge in [0.25, 0.3) is 0 Å². The van der Waals surface area contributed by atoms with Gasteiger partial charge in [0, 0.05) is 5.56 Å². The summed E-state index contributed by atoms with van der Waals surface area (Å²) in [4.78, 5) is 22.9. The van der Waals surface area contributed by atoms with E-state index in [9.17, 15) is 9.59 Å². The SMILES string of the molecule is CCOC(=O)C1=C(c2ccccc2)OC(=O)C1. The van der Waals surface area contributed by atoms with Gasteiger partial charge in [0.2, 0.25) is 0 Å². The van der Waals surface area contributed by atoms with E-state index >= 15 is 0 Å². The van der Waals surface area contributed by atoms with E-state index in [1.54, 1.807) is 19.1 Å². The molecule has 1 aliphatic rings. The molecule has 0 aromatic heterocycles. The molecule has 4 heteroatoms. The Morgan fingerprint density at radius 3 is 2.71 bits per heavy atom. The Hall–Kier alpha value is -2.10. The molecule has 1 aliphatic heterocycles. The van der Waals surface area contributed by atoms with Crippen molar-refractivity contribution in [2.45, 2.75) is 13.3 Å². The molecule has 88 valence electrons. The van der Waals surface area contributed by atoms with Gasteiger partial charge >= 0.3 is 11.9 Å². The van der Waals surface area contributed by atoms with Gasteiger partial charge in [0.05, 0.1) is 18.6 Å². The molecule has 0 aliphatic carbocycles. The Labute approximate surface area is 98.8 Å². The number of cyclic esters (lactones) is 1. The van der Waals surface area contributed by atoms with Gasteiger partial charge in [-0.25, -0.2) is 4.79 Å². The summed E-state index contributed by atoms with van der Waals surface area (Å²) in [6.07, 6.45) is -0.0247. The van der Waals surface area contributed by atoms with E-state index in [0.717, 1.165) is 0 Å². The van der Waals surface area contributed by atoms with Gasteiger partial charge < -0.3 is 9.47 Å². The minimum absolute atomic E-state index is 0.0247. The van der Waals surface area contributed by atoms with Gasteiger partial charge in [0.1, 0.15) is 5.76 Å². The standard InChI is InChI=1S/C13H12O4/c1-2-16-13(15)10-8-11(14)17-12(10)9-6-4-3-5-7-9/h3-7H,2,8H2,1H3. The minimum atomic E-state index is -0.489. The Kier molecular flexibility index (Phi) is 3.23. The summed E-state index contributed by atoms with van der Waals surface area (Å²) < 4.78 is 9.96. The van der Waals surface area contributed by atoms with Crippen molar-refractivity contribution in [3.8, 4) is 0 Å². The molecular formula is C13H12O4. The van der Waals surface area contributed by atoms with Gasteiger partial charge in [0.15, 0.2) is 0 Å². The number of hydrogen-bond acceptors (Lipinski definition) is 4. The first-order valence-electron chi connectivity index (χ1n) is 5.38. The molecule has 1 heterocycles. The quantitative estimate of drug-likeness (QED) is 0.747. The minimum Gasteiger partial charge on any atom is -0.463 e. The van der Waals surface area contributed by atoms with Crippen LogP contribution in [0.15, 0.2) is 35.9 Å². The van der Waals surface area contributed by atoms with Crippen molar-refractivity contribution in [3.63, 3.8) is 0 Å². The maximum absolute atomic E-state index is 11.7. The average molecular weight is 232 g/mol. The van der Waals surface area contributed by atoms with Crippen LogP contribution in [0.3, 0.4) is 0 Å². The summed E-state index contributed by atoms with van der Waals surface area (Å²) in [6.45, 7) is 2.00. The van der Waals surface area contributed by atoms with Crippen LogP contribution in [0.25, 0.3) is 5.76 Å². The number of ether oxygens (including phenoxy) is 2. The monoisotopic (exact) mass is 232 g/mol. The van der Waals surface area contributed by atoms with Crippen LogP contribution in [-0.2, 0) is 19.1 Å². The fourth-order valence-electron chi connectivity index (χ4n) is 1.64. The number of benzene rings is 1. The maximum Gasteiger partial charge on any atom is 0.338 e. The molecule has 0 unspecified atom stereocenters. The fourth-order valence-corrected chi connectivity index (χ4v) is 1.64. The van der Waals surface area contributed by atoms with Crippen LogP contribution in [-0.4, -0.2) is 18.5 Å². The Balaban J connectivity index is 2.37. The predicted molar refractivity (Wildman–Crippen MR) is 60.7 cm³/mol. The third-order valence-electron chi connectivity index (χ3n) is 2.37. The van der Waals surface area contributed by atoms with Crippen LogP contribution < -0.4 is 0 Å². The third-order valence-corrected chi connectivity index (χ3v) is 2.37. The predicted octanol–water partition coefficient (Wildman–Crippen LogP) is 1.91. The number of hydrogen-bond donors (Lipinski definition) is 0. The lowest BCUT2D eigenvalue weighted by Crippen LogP contribution is -2.08. The zero-order valence-electron chi connectivity index (χ0n) is 9.43. The van der Waals surface area contributed by atoms with E-state index in [1.807, 2.05) is 18.2 Å². The Morgan fingerprint density at radius 2 is 2.06 bits per heavy atom. The lowest BCUT2D eigenvalue weighted by Gasteiger charge is -2.04. The molecule has 0 fully saturated rings. The van der Waals surface area contributed by atoms with E-state index < -0.39 is 11.9 Å². The molecule has 0 atom stereocenters. The van der Waals surface area contributed by atoms with Crippen LogP contribution in [0.4, 0.5) is 0 Å². The van der Waals surface area contributed by atoms with Crippen molar-refractivity contribution in [2.24, 2.45) is 0 Å². The Morgan fingerprint density at radius 1 is 1.35 bits per heavy atom. The summed E-state index contributed by atoms with van der Waals surface area (Å²) in [5.74, 6) is -0.599. The first-order chi connectivity index (χ1) is 8.22. The van der Waals surface area contributed by atoms with E-state index in [0.29, 0.717) is 16.9 Å². The average Bonchev–Trinajstić information content (AvgIpc) is 2.73. The molecule has 0 amide bonds. The van der Waals surface area contributed by atoms with E-state index in [1.165, 1.54) is 0 Å². The van der Waals surface area contributed by atoms with Gasteiger partial charge in [-0.1, -0.05) is 30.3 Å². The van der Waals surface area contributed by atoms with E-state index in [-0.39, 0.29) is 13.0 Å². The molecule has 0 radical (unpaired) electrons. The van der Waals surface area contributed by atoms with E-state index in [4.69, 9.17) is 9.47 Å². The second-order valence-corrected chi connectivity index (χ2v) is 3.55. The molecule has 17 heavy (non-hydrogen) atoms. The van der Waals surface area contributed by atoms with Crippen LogP contribution in [0.5, 0.6) is 0 Å². The molecule has 1 aromatic carbocycles. The second-order valence-electron chi connectivity index (χ2n) is 3.55. The van der Waals surface area contributed by atoms with Crippen molar-refractivity contribution >= 4 is 17.7 Å². The van der Waals surface area contributed by atoms with Crippen LogP contribution >= 0.6 is 0 Å². The summed E-state index contributed by atoms with van der Waals surface area (Å²) in [5, 5.41) is 0. The van der Waals surface area contributed by atoms with Gasteiger partial charge in [-0.3, -0.25) is 4.79 Å². The highest BCUT2D eigenvalue weighted by atomic mass is 16.6. The lowest BCUT2D eigenvalue weighted by atomic mass is 10.1. The maximum atomic E-state index is 11.7. The molecule has 0 saturated carbocycles.